The van der Waals surface area contributed by atoms with Gasteiger partial charge in [0.15, 0.2) is 23.9 Å². The number of carbonyl (C=O) groups excluding carboxylic acids is 1. The van der Waals surface area contributed by atoms with E-state index in [1.807, 2.05) is 0 Å². The van der Waals surface area contributed by atoms with E-state index in [-0.39, 0.29) is 24.4 Å². The van der Waals surface area contributed by atoms with E-state index >= 15 is 0 Å². The number of nitrogens with one attached hydrogen (secondary N) is 1. The topological polar surface area (TPSA) is 99.0 Å². The fourth-order valence-electron chi connectivity index (χ4n) is 3.44. The molecule has 1 atom stereocenters. The zero-order chi connectivity index (χ0) is 22.5. The number of amides is 2. The van der Waals surface area contributed by atoms with Crippen LogP contribution in [0.15, 0.2) is 47.0 Å². The van der Waals surface area contributed by atoms with Crippen molar-refractivity contribution >= 4 is 11.7 Å². The summed E-state index contributed by atoms with van der Waals surface area (Å²) in [4.78, 5) is 18.7. The Labute approximate surface area is 184 Å². The van der Waals surface area contributed by atoms with Crippen LogP contribution >= 0.6 is 0 Å². The molecule has 1 fully saturated rings. The first-order valence-electron chi connectivity index (χ1n) is 10.0. The van der Waals surface area contributed by atoms with Crippen LogP contribution in [0.3, 0.4) is 0 Å². The number of urea groups is 1. The van der Waals surface area contributed by atoms with Crippen LogP contribution in [-0.2, 0) is 6.61 Å². The minimum absolute atomic E-state index is 0.0329. The second kappa shape index (κ2) is 9.54. The standard InChI is InChI=1S/C22H23FN4O5/c1-29-18-8-5-16(11-19(18)30-2)24-22(28)27-10-9-14(12-27)21-25-20(32-26-21)13-31-17-6-3-15(23)4-7-17/h3-8,11,14H,9-10,12-13H2,1-2H3,(H,24,28). The van der Waals surface area contributed by atoms with Gasteiger partial charge in [-0.15, -0.1) is 0 Å². The van der Waals surface area contributed by atoms with Crippen LogP contribution < -0.4 is 19.5 Å². The molecule has 0 spiro atoms. The van der Waals surface area contributed by atoms with Crippen LogP contribution in [0.4, 0.5) is 14.9 Å². The molecule has 1 unspecified atom stereocenters. The van der Waals surface area contributed by atoms with Crippen molar-refractivity contribution in [2.24, 2.45) is 0 Å². The second-order valence-corrected chi connectivity index (χ2v) is 7.22. The normalized spacial score (nSPS) is 15.5. The van der Waals surface area contributed by atoms with Crippen LogP contribution in [0.2, 0.25) is 0 Å². The number of carbonyl (C=O) groups is 1. The van der Waals surface area contributed by atoms with Crippen LogP contribution in [0.25, 0.3) is 0 Å². The molecule has 0 saturated carbocycles. The Morgan fingerprint density at radius 1 is 1.19 bits per heavy atom. The van der Waals surface area contributed by atoms with Crippen LogP contribution in [0.1, 0.15) is 24.1 Å². The average molecular weight is 442 g/mol. The highest BCUT2D eigenvalue weighted by Gasteiger charge is 2.30. The van der Waals surface area contributed by atoms with Gasteiger partial charge in [0, 0.05) is 30.8 Å². The van der Waals surface area contributed by atoms with Crippen LogP contribution in [0.5, 0.6) is 17.2 Å². The van der Waals surface area contributed by atoms with E-state index < -0.39 is 0 Å². The monoisotopic (exact) mass is 442 g/mol. The lowest BCUT2D eigenvalue weighted by Gasteiger charge is -2.17. The SMILES string of the molecule is COc1ccc(NC(=O)N2CCC(c3noc(COc4ccc(F)cc4)n3)C2)cc1OC. The zero-order valence-corrected chi connectivity index (χ0v) is 17.7. The predicted molar refractivity (Wildman–Crippen MR) is 113 cm³/mol. The van der Waals surface area contributed by atoms with Gasteiger partial charge in [-0.25, -0.2) is 9.18 Å². The summed E-state index contributed by atoms with van der Waals surface area (Å²) in [6.07, 6.45) is 0.719. The van der Waals surface area contributed by atoms with Crippen LogP contribution in [0, 0.1) is 5.82 Å². The molecule has 0 aliphatic carbocycles. The third-order valence-electron chi connectivity index (χ3n) is 5.14. The fraction of sp³-hybridized carbons (Fsp3) is 0.318. The van der Waals surface area contributed by atoms with Crippen molar-refractivity contribution < 1.29 is 27.9 Å². The molecule has 1 saturated heterocycles. The molecular formula is C22H23FN4O5. The van der Waals surface area contributed by atoms with E-state index in [0.29, 0.717) is 47.7 Å². The number of hydrogen-bond acceptors (Lipinski definition) is 7. The third-order valence-corrected chi connectivity index (χ3v) is 5.14. The van der Waals surface area contributed by atoms with Crippen molar-refractivity contribution in [1.82, 2.24) is 15.0 Å². The van der Waals surface area contributed by atoms with Gasteiger partial charge in [-0.2, -0.15) is 4.98 Å². The molecular weight excluding hydrogens is 419 g/mol. The van der Waals surface area contributed by atoms with Crippen molar-refractivity contribution in [3.63, 3.8) is 0 Å². The van der Waals surface area contributed by atoms with Gasteiger partial charge in [-0.05, 0) is 42.8 Å². The molecule has 4 rings (SSSR count). The summed E-state index contributed by atoms with van der Waals surface area (Å²) < 4.78 is 34.2. The molecule has 1 aliphatic rings. The maximum absolute atomic E-state index is 13.0. The Balaban J connectivity index is 1.31. The van der Waals surface area contributed by atoms with E-state index in [9.17, 15) is 9.18 Å². The van der Waals surface area contributed by atoms with Gasteiger partial charge >= 0.3 is 6.03 Å². The molecule has 10 heteroatoms. The molecule has 1 aromatic heterocycles. The molecule has 168 valence electrons. The third kappa shape index (κ3) is 4.90. The first-order valence-corrected chi connectivity index (χ1v) is 10.0. The number of hydrogen-bond donors (Lipinski definition) is 1. The van der Waals surface area contributed by atoms with E-state index in [1.165, 1.54) is 24.3 Å². The molecule has 2 amide bonds. The molecule has 1 aliphatic heterocycles. The Hall–Kier alpha value is -3.82. The van der Waals surface area contributed by atoms with E-state index in [2.05, 4.69) is 15.5 Å². The molecule has 32 heavy (non-hydrogen) atoms. The molecule has 3 aromatic rings. The molecule has 1 N–H and O–H groups in total. The zero-order valence-electron chi connectivity index (χ0n) is 17.7. The van der Waals surface area contributed by atoms with Crippen molar-refractivity contribution in [3.8, 4) is 17.2 Å². The quantitative estimate of drug-likeness (QED) is 0.594. The van der Waals surface area contributed by atoms with Crippen LogP contribution in [-0.4, -0.2) is 48.4 Å². The van der Waals surface area contributed by atoms with E-state index in [0.717, 1.165) is 6.42 Å². The van der Waals surface area contributed by atoms with Crippen molar-refractivity contribution in [2.75, 3.05) is 32.6 Å². The number of methoxy groups -OCH3 is 2. The highest BCUT2D eigenvalue weighted by Crippen LogP contribution is 2.31. The molecule has 2 aromatic carbocycles. The predicted octanol–water partition coefficient (Wildman–Crippen LogP) is 3.83. The summed E-state index contributed by atoms with van der Waals surface area (Å²) in [7, 11) is 3.09. The summed E-state index contributed by atoms with van der Waals surface area (Å²) >= 11 is 0. The highest BCUT2D eigenvalue weighted by atomic mass is 19.1. The number of halogens is 1. The summed E-state index contributed by atoms with van der Waals surface area (Å²) in [5.41, 5.74) is 0.607. The van der Waals surface area contributed by atoms with Gasteiger partial charge in [0.25, 0.3) is 5.89 Å². The lowest BCUT2D eigenvalue weighted by Crippen LogP contribution is -2.32. The van der Waals surface area contributed by atoms with Gasteiger partial charge < -0.3 is 29.0 Å². The Morgan fingerprint density at radius 3 is 2.72 bits per heavy atom. The highest BCUT2D eigenvalue weighted by molar-refractivity contribution is 5.90. The number of likely N-dealkylation sites (tertiary alicyclic amines) is 1. The van der Waals surface area contributed by atoms with E-state index in [4.69, 9.17) is 18.7 Å². The molecule has 0 radical (unpaired) electrons. The van der Waals surface area contributed by atoms with Crippen molar-refractivity contribution in [1.29, 1.82) is 0 Å². The first-order chi connectivity index (χ1) is 15.6. The van der Waals surface area contributed by atoms with E-state index in [1.54, 1.807) is 37.3 Å². The van der Waals surface area contributed by atoms with Gasteiger partial charge in [-0.1, -0.05) is 5.16 Å². The maximum atomic E-state index is 13.0. The number of benzene rings is 2. The summed E-state index contributed by atoms with van der Waals surface area (Å²) in [5, 5.41) is 6.90. The number of nitrogens with zero attached hydrogens (tertiary/aromatic N) is 3. The Bertz CT molecular complexity index is 1070. The maximum Gasteiger partial charge on any atom is 0.321 e. The summed E-state index contributed by atoms with van der Waals surface area (Å²) in [6.45, 7) is 1.12. The summed E-state index contributed by atoms with van der Waals surface area (Å²) in [5.74, 6) is 2.11. The number of aromatic nitrogens is 2. The number of rotatable bonds is 7. The van der Waals surface area contributed by atoms with Crippen molar-refractivity contribution in [3.05, 3.63) is 60.0 Å². The van der Waals surface area contributed by atoms with Gasteiger partial charge in [-0.3, -0.25) is 0 Å². The first kappa shape index (κ1) is 21.4. The largest absolute Gasteiger partial charge is 0.493 e. The molecule has 0 bridgehead atoms. The Morgan fingerprint density at radius 2 is 1.97 bits per heavy atom. The fourth-order valence-corrected chi connectivity index (χ4v) is 3.44. The van der Waals surface area contributed by atoms with Gasteiger partial charge in [0.1, 0.15) is 11.6 Å². The second-order valence-electron chi connectivity index (χ2n) is 7.22. The summed E-state index contributed by atoms with van der Waals surface area (Å²) in [6, 6.07) is 10.6. The Kier molecular flexibility index (Phi) is 6.39. The average Bonchev–Trinajstić information content (AvgIpc) is 3.48. The minimum Gasteiger partial charge on any atom is -0.493 e. The van der Waals surface area contributed by atoms with Crippen molar-refractivity contribution in [2.45, 2.75) is 18.9 Å². The van der Waals surface area contributed by atoms with Gasteiger partial charge in [0.2, 0.25) is 0 Å². The van der Waals surface area contributed by atoms with Gasteiger partial charge in [0.05, 0.1) is 14.2 Å². The molecule has 2 heterocycles. The lowest BCUT2D eigenvalue weighted by atomic mass is 10.1. The number of ether oxygens (including phenoxy) is 3. The minimum atomic E-state index is -0.335. The lowest BCUT2D eigenvalue weighted by molar-refractivity contribution is 0.221. The smallest absolute Gasteiger partial charge is 0.321 e. The molecule has 9 nitrogen and oxygen atoms in total. The number of anilines is 1.